The van der Waals surface area contributed by atoms with Crippen LogP contribution in [-0.2, 0) is 14.4 Å². The van der Waals surface area contributed by atoms with Crippen molar-refractivity contribution in [2.45, 2.75) is 38.7 Å². The molecule has 0 radical (unpaired) electrons. The number of carboxylic acid groups (broad SMARTS) is 1. The zero-order valence-corrected chi connectivity index (χ0v) is 8.02. The number of hydrogen-bond acceptors (Lipinski definition) is 4. The van der Waals surface area contributed by atoms with E-state index < -0.39 is 17.5 Å². The van der Waals surface area contributed by atoms with Crippen LogP contribution in [0.1, 0.15) is 32.6 Å². The molecule has 78 valence electrons. The van der Waals surface area contributed by atoms with Crippen molar-refractivity contribution in [1.29, 1.82) is 0 Å². The predicted octanol–water partition coefficient (Wildman–Crippen LogP) is 0.975. The first-order valence-corrected chi connectivity index (χ1v) is 4.59. The summed E-state index contributed by atoms with van der Waals surface area (Å²) in [4.78, 5) is 26.3. The Bertz CT molecular complexity index is 250. The number of oxime groups is 1. The third-order valence-electron chi connectivity index (χ3n) is 2.13. The van der Waals surface area contributed by atoms with Crippen molar-refractivity contribution in [2.24, 2.45) is 5.16 Å². The number of ketones is 1. The molecule has 0 saturated heterocycles. The largest absolute Gasteiger partial charge is 0.476 e. The zero-order chi connectivity index (χ0) is 10.6. The maximum Gasteiger partial charge on any atom is 0.361 e. The molecule has 5 nitrogen and oxygen atoms in total. The van der Waals surface area contributed by atoms with Gasteiger partial charge in [-0.05, 0) is 25.7 Å². The lowest BCUT2D eigenvalue weighted by molar-refractivity contribution is -0.130. The molecule has 1 saturated carbocycles. The highest BCUT2D eigenvalue weighted by Crippen LogP contribution is 2.20. The Morgan fingerprint density at radius 3 is 2.36 bits per heavy atom. The van der Waals surface area contributed by atoms with Crippen LogP contribution >= 0.6 is 0 Å². The lowest BCUT2D eigenvalue weighted by Crippen LogP contribution is -2.22. The number of nitrogens with zero attached hydrogens (tertiary/aromatic N) is 1. The van der Waals surface area contributed by atoms with Crippen molar-refractivity contribution in [2.75, 3.05) is 0 Å². The van der Waals surface area contributed by atoms with Gasteiger partial charge in [-0.15, -0.1) is 0 Å². The van der Waals surface area contributed by atoms with Gasteiger partial charge in [0.15, 0.2) is 5.78 Å². The van der Waals surface area contributed by atoms with E-state index in [0.717, 1.165) is 32.6 Å². The Kier molecular flexibility index (Phi) is 3.62. The SMILES string of the molecule is CC(=O)C(=NOC1CCCC1)C(=O)O. The summed E-state index contributed by atoms with van der Waals surface area (Å²) in [6.07, 6.45) is 3.89. The van der Waals surface area contributed by atoms with Crippen LogP contribution in [0.3, 0.4) is 0 Å². The summed E-state index contributed by atoms with van der Waals surface area (Å²) < 4.78 is 0. The molecule has 14 heavy (non-hydrogen) atoms. The highest BCUT2D eigenvalue weighted by Gasteiger charge is 2.20. The van der Waals surface area contributed by atoms with Gasteiger partial charge in [-0.1, -0.05) is 5.16 Å². The number of carbonyl (C=O) groups is 2. The molecule has 0 aliphatic heterocycles. The Morgan fingerprint density at radius 2 is 1.93 bits per heavy atom. The van der Waals surface area contributed by atoms with Gasteiger partial charge in [0.25, 0.3) is 0 Å². The van der Waals surface area contributed by atoms with Gasteiger partial charge < -0.3 is 9.94 Å². The average molecular weight is 199 g/mol. The molecule has 0 aromatic rings. The molecule has 0 bridgehead atoms. The van der Waals surface area contributed by atoms with E-state index in [1.165, 1.54) is 0 Å². The molecule has 0 spiro atoms. The van der Waals surface area contributed by atoms with Crippen LogP contribution in [0.5, 0.6) is 0 Å². The van der Waals surface area contributed by atoms with Gasteiger partial charge in [0.2, 0.25) is 5.71 Å². The van der Waals surface area contributed by atoms with Gasteiger partial charge in [0.05, 0.1) is 0 Å². The minimum absolute atomic E-state index is 0.0244. The molecule has 1 rings (SSSR count). The summed E-state index contributed by atoms with van der Waals surface area (Å²) in [5, 5.41) is 12.0. The van der Waals surface area contributed by atoms with Gasteiger partial charge in [-0.25, -0.2) is 4.79 Å². The van der Waals surface area contributed by atoms with Crippen LogP contribution in [0.2, 0.25) is 0 Å². The Balaban J connectivity index is 2.54. The Labute approximate surface area is 81.7 Å². The monoisotopic (exact) mass is 199 g/mol. The number of aliphatic carboxylic acids is 1. The maximum absolute atomic E-state index is 10.8. The minimum atomic E-state index is -1.34. The van der Waals surface area contributed by atoms with Crippen molar-refractivity contribution < 1.29 is 19.5 Å². The number of carbonyl (C=O) groups excluding carboxylic acids is 1. The van der Waals surface area contributed by atoms with E-state index in [4.69, 9.17) is 9.94 Å². The van der Waals surface area contributed by atoms with Gasteiger partial charge in [-0.3, -0.25) is 4.79 Å². The number of hydrogen-bond donors (Lipinski definition) is 1. The van der Waals surface area contributed by atoms with E-state index in [1.54, 1.807) is 0 Å². The molecule has 0 aromatic carbocycles. The predicted molar refractivity (Wildman–Crippen MR) is 49.1 cm³/mol. The molecule has 0 aromatic heterocycles. The summed E-state index contributed by atoms with van der Waals surface area (Å²) >= 11 is 0. The maximum atomic E-state index is 10.8. The molecular formula is C9H13NO4. The van der Waals surface area contributed by atoms with Crippen LogP contribution < -0.4 is 0 Å². The van der Waals surface area contributed by atoms with Crippen molar-refractivity contribution in [3.8, 4) is 0 Å². The van der Waals surface area contributed by atoms with Crippen molar-refractivity contribution in [3.05, 3.63) is 0 Å². The lowest BCUT2D eigenvalue weighted by Gasteiger charge is -2.06. The van der Waals surface area contributed by atoms with Crippen LogP contribution in [0.15, 0.2) is 5.16 Å². The van der Waals surface area contributed by atoms with Crippen LogP contribution in [0.4, 0.5) is 0 Å². The van der Waals surface area contributed by atoms with Gasteiger partial charge in [-0.2, -0.15) is 0 Å². The first kappa shape index (κ1) is 10.7. The Hall–Kier alpha value is -1.39. The molecular weight excluding hydrogens is 186 g/mol. The molecule has 1 aliphatic rings. The smallest absolute Gasteiger partial charge is 0.361 e. The first-order chi connectivity index (χ1) is 6.61. The lowest BCUT2D eigenvalue weighted by atomic mass is 10.3. The topological polar surface area (TPSA) is 76.0 Å². The fourth-order valence-corrected chi connectivity index (χ4v) is 1.37. The quantitative estimate of drug-likeness (QED) is 0.416. The van der Waals surface area contributed by atoms with E-state index >= 15 is 0 Å². The standard InChI is InChI=1S/C9H13NO4/c1-6(11)8(9(12)13)10-14-7-4-2-3-5-7/h7H,2-5H2,1H3,(H,12,13). The fourth-order valence-electron chi connectivity index (χ4n) is 1.37. The van der Waals surface area contributed by atoms with E-state index in [9.17, 15) is 9.59 Å². The van der Waals surface area contributed by atoms with Crippen LogP contribution in [-0.4, -0.2) is 28.7 Å². The van der Waals surface area contributed by atoms with E-state index in [2.05, 4.69) is 5.16 Å². The third-order valence-corrected chi connectivity index (χ3v) is 2.13. The molecule has 0 amide bonds. The van der Waals surface area contributed by atoms with Gasteiger partial charge >= 0.3 is 5.97 Å². The third kappa shape index (κ3) is 2.83. The Morgan fingerprint density at radius 1 is 1.36 bits per heavy atom. The summed E-state index contributed by atoms with van der Waals surface area (Å²) in [6.45, 7) is 1.16. The van der Waals surface area contributed by atoms with Gasteiger partial charge in [0, 0.05) is 6.92 Å². The van der Waals surface area contributed by atoms with Crippen molar-refractivity contribution in [1.82, 2.24) is 0 Å². The highest BCUT2D eigenvalue weighted by atomic mass is 16.6. The fraction of sp³-hybridized carbons (Fsp3) is 0.667. The number of Topliss-reactive ketones (excluding diaryl/α,β-unsaturated/α-hetero) is 1. The number of carboxylic acids is 1. The average Bonchev–Trinajstić information content (AvgIpc) is 2.55. The van der Waals surface area contributed by atoms with Crippen LogP contribution in [0, 0.1) is 0 Å². The zero-order valence-electron chi connectivity index (χ0n) is 8.02. The first-order valence-electron chi connectivity index (χ1n) is 4.59. The summed E-state index contributed by atoms with van der Waals surface area (Å²) in [6, 6.07) is 0. The summed E-state index contributed by atoms with van der Waals surface area (Å²) in [5.74, 6) is -1.93. The summed E-state index contributed by atoms with van der Waals surface area (Å²) in [5.41, 5.74) is -0.531. The molecule has 5 heteroatoms. The second-order valence-corrected chi connectivity index (χ2v) is 3.31. The molecule has 0 heterocycles. The van der Waals surface area contributed by atoms with Crippen LogP contribution in [0.25, 0.3) is 0 Å². The molecule has 0 unspecified atom stereocenters. The van der Waals surface area contributed by atoms with E-state index in [0.29, 0.717) is 0 Å². The van der Waals surface area contributed by atoms with E-state index in [-0.39, 0.29) is 6.10 Å². The molecule has 1 N–H and O–H groups in total. The minimum Gasteiger partial charge on any atom is -0.476 e. The van der Waals surface area contributed by atoms with Gasteiger partial charge in [0.1, 0.15) is 6.10 Å². The number of rotatable bonds is 4. The normalized spacial score (nSPS) is 18.2. The highest BCUT2D eigenvalue weighted by molar-refractivity contribution is 6.63. The molecule has 1 aliphatic carbocycles. The van der Waals surface area contributed by atoms with Crippen molar-refractivity contribution in [3.63, 3.8) is 0 Å². The summed E-state index contributed by atoms with van der Waals surface area (Å²) in [7, 11) is 0. The van der Waals surface area contributed by atoms with E-state index in [1.807, 2.05) is 0 Å². The molecule has 0 atom stereocenters. The van der Waals surface area contributed by atoms with Crippen molar-refractivity contribution >= 4 is 17.5 Å². The second-order valence-electron chi connectivity index (χ2n) is 3.31. The molecule has 1 fully saturated rings. The second kappa shape index (κ2) is 4.74.